The Bertz CT molecular complexity index is 537. The van der Waals surface area contributed by atoms with Crippen molar-refractivity contribution < 1.29 is 9.84 Å². The summed E-state index contributed by atoms with van der Waals surface area (Å²) in [6, 6.07) is 15.2. The number of rotatable bonds is 3. The van der Waals surface area contributed by atoms with Gasteiger partial charge in [-0.3, -0.25) is 0 Å². The molecule has 0 atom stereocenters. The lowest BCUT2D eigenvalue weighted by atomic mass is 9.84. The van der Waals surface area contributed by atoms with Gasteiger partial charge in [-0.25, -0.2) is 0 Å². The number of ether oxygens (including phenoxy) is 1. The number of benzene rings is 2. The molecule has 1 N–H and O–H groups in total. The zero-order valence-corrected chi connectivity index (χ0v) is 11.6. The van der Waals surface area contributed by atoms with E-state index in [1.165, 1.54) is 37.7 Å². The van der Waals surface area contributed by atoms with Crippen LogP contribution in [-0.4, -0.2) is 5.11 Å². The van der Waals surface area contributed by atoms with E-state index in [-0.39, 0.29) is 5.75 Å². The Morgan fingerprint density at radius 2 is 1.30 bits per heavy atom. The Morgan fingerprint density at radius 1 is 0.750 bits per heavy atom. The van der Waals surface area contributed by atoms with Crippen molar-refractivity contribution >= 4 is 0 Å². The molecule has 0 aliphatic heterocycles. The smallest absolute Gasteiger partial charge is 0.127 e. The Labute approximate surface area is 120 Å². The molecule has 20 heavy (non-hydrogen) atoms. The van der Waals surface area contributed by atoms with Crippen LogP contribution in [0.15, 0.2) is 48.5 Å². The summed E-state index contributed by atoms with van der Waals surface area (Å²) >= 11 is 0. The molecule has 2 aromatic rings. The average molecular weight is 268 g/mol. The SMILES string of the molecule is Oc1ccc(Oc2ccc(C3CCCCC3)cc2)cc1. The fourth-order valence-corrected chi connectivity index (χ4v) is 2.89. The molecule has 0 unspecified atom stereocenters. The number of hydrogen-bond acceptors (Lipinski definition) is 2. The highest BCUT2D eigenvalue weighted by Gasteiger charge is 2.15. The van der Waals surface area contributed by atoms with E-state index in [0.717, 1.165) is 17.4 Å². The zero-order chi connectivity index (χ0) is 13.8. The van der Waals surface area contributed by atoms with Crippen LogP contribution < -0.4 is 4.74 Å². The summed E-state index contributed by atoms with van der Waals surface area (Å²) in [6.07, 6.45) is 6.74. The average Bonchev–Trinajstić information content (AvgIpc) is 2.51. The first-order chi connectivity index (χ1) is 9.81. The summed E-state index contributed by atoms with van der Waals surface area (Å²) in [5.74, 6) is 2.57. The molecule has 1 fully saturated rings. The molecule has 1 aliphatic carbocycles. The van der Waals surface area contributed by atoms with Crippen molar-refractivity contribution in [2.24, 2.45) is 0 Å². The summed E-state index contributed by atoms with van der Waals surface area (Å²) in [5.41, 5.74) is 1.43. The van der Waals surface area contributed by atoms with Gasteiger partial charge < -0.3 is 9.84 Å². The second-order valence-electron chi connectivity index (χ2n) is 5.50. The van der Waals surface area contributed by atoms with Crippen LogP contribution in [0.1, 0.15) is 43.6 Å². The highest BCUT2D eigenvalue weighted by atomic mass is 16.5. The normalized spacial score (nSPS) is 16.0. The van der Waals surface area contributed by atoms with Crippen molar-refractivity contribution in [3.63, 3.8) is 0 Å². The summed E-state index contributed by atoms with van der Waals surface area (Å²) in [6.45, 7) is 0. The van der Waals surface area contributed by atoms with Gasteiger partial charge in [0.2, 0.25) is 0 Å². The minimum atomic E-state index is 0.255. The molecule has 1 saturated carbocycles. The highest BCUT2D eigenvalue weighted by Crippen LogP contribution is 2.33. The predicted molar refractivity (Wildman–Crippen MR) is 80.4 cm³/mol. The van der Waals surface area contributed by atoms with E-state index in [1.807, 2.05) is 12.1 Å². The van der Waals surface area contributed by atoms with E-state index in [9.17, 15) is 5.11 Å². The van der Waals surface area contributed by atoms with Gasteiger partial charge in [-0.15, -0.1) is 0 Å². The lowest BCUT2D eigenvalue weighted by Gasteiger charge is -2.22. The number of hydrogen-bond donors (Lipinski definition) is 1. The lowest BCUT2D eigenvalue weighted by Crippen LogP contribution is -2.04. The van der Waals surface area contributed by atoms with E-state index >= 15 is 0 Å². The molecule has 2 aromatic carbocycles. The van der Waals surface area contributed by atoms with Gasteiger partial charge in [0, 0.05) is 0 Å². The largest absolute Gasteiger partial charge is 0.508 e. The van der Waals surface area contributed by atoms with Gasteiger partial charge in [-0.05, 0) is 60.7 Å². The van der Waals surface area contributed by atoms with E-state index in [0.29, 0.717) is 0 Å². The van der Waals surface area contributed by atoms with Crippen LogP contribution in [0.25, 0.3) is 0 Å². The molecule has 0 amide bonds. The van der Waals surface area contributed by atoms with Crippen LogP contribution in [0.2, 0.25) is 0 Å². The Kier molecular flexibility index (Phi) is 3.91. The third-order valence-corrected chi connectivity index (χ3v) is 4.03. The standard InChI is InChI=1S/C18H20O2/c19-16-8-12-18(13-9-16)20-17-10-6-15(7-11-17)14-4-2-1-3-5-14/h6-14,19H,1-5H2. The van der Waals surface area contributed by atoms with Crippen LogP contribution >= 0.6 is 0 Å². The first-order valence-electron chi connectivity index (χ1n) is 7.38. The third-order valence-electron chi connectivity index (χ3n) is 4.03. The van der Waals surface area contributed by atoms with Gasteiger partial charge in [-0.1, -0.05) is 31.4 Å². The maximum absolute atomic E-state index is 9.25. The van der Waals surface area contributed by atoms with Crippen molar-refractivity contribution in [1.29, 1.82) is 0 Å². The molecular weight excluding hydrogens is 248 g/mol. The number of aromatic hydroxyl groups is 1. The van der Waals surface area contributed by atoms with E-state index in [1.54, 1.807) is 24.3 Å². The molecule has 0 heterocycles. The number of phenolic OH excluding ortho intramolecular Hbond substituents is 1. The van der Waals surface area contributed by atoms with Gasteiger partial charge >= 0.3 is 0 Å². The molecule has 0 aromatic heterocycles. The van der Waals surface area contributed by atoms with Crippen molar-refractivity contribution in [2.75, 3.05) is 0 Å². The Morgan fingerprint density at radius 3 is 1.90 bits per heavy atom. The molecule has 0 spiro atoms. The minimum absolute atomic E-state index is 0.255. The fraction of sp³-hybridized carbons (Fsp3) is 0.333. The maximum Gasteiger partial charge on any atom is 0.127 e. The van der Waals surface area contributed by atoms with E-state index in [2.05, 4.69) is 12.1 Å². The van der Waals surface area contributed by atoms with Crippen LogP contribution in [0, 0.1) is 0 Å². The van der Waals surface area contributed by atoms with Crippen molar-refractivity contribution in [3.8, 4) is 17.2 Å². The lowest BCUT2D eigenvalue weighted by molar-refractivity contribution is 0.442. The molecule has 1 aliphatic rings. The Balaban J connectivity index is 1.67. The third kappa shape index (κ3) is 3.13. The quantitative estimate of drug-likeness (QED) is 0.825. The second kappa shape index (κ2) is 6.00. The highest BCUT2D eigenvalue weighted by molar-refractivity contribution is 5.36. The van der Waals surface area contributed by atoms with Crippen LogP contribution in [0.5, 0.6) is 17.2 Å². The molecule has 2 nitrogen and oxygen atoms in total. The maximum atomic E-state index is 9.25. The predicted octanol–water partition coefficient (Wildman–Crippen LogP) is 5.23. The molecule has 2 heteroatoms. The van der Waals surface area contributed by atoms with E-state index in [4.69, 9.17) is 4.74 Å². The van der Waals surface area contributed by atoms with Crippen LogP contribution in [0.4, 0.5) is 0 Å². The zero-order valence-electron chi connectivity index (χ0n) is 11.6. The first kappa shape index (κ1) is 13.0. The van der Waals surface area contributed by atoms with Gasteiger partial charge in [0.05, 0.1) is 0 Å². The first-order valence-corrected chi connectivity index (χ1v) is 7.38. The van der Waals surface area contributed by atoms with Gasteiger partial charge in [-0.2, -0.15) is 0 Å². The molecule has 0 saturated heterocycles. The van der Waals surface area contributed by atoms with Gasteiger partial charge in [0.15, 0.2) is 0 Å². The monoisotopic (exact) mass is 268 g/mol. The molecule has 0 radical (unpaired) electrons. The molecule has 0 bridgehead atoms. The summed E-state index contributed by atoms with van der Waals surface area (Å²) in [5, 5.41) is 9.25. The summed E-state index contributed by atoms with van der Waals surface area (Å²) < 4.78 is 5.76. The fourth-order valence-electron chi connectivity index (χ4n) is 2.89. The van der Waals surface area contributed by atoms with Gasteiger partial charge in [0.25, 0.3) is 0 Å². The molecule has 3 rings (SSSR count). The van der Waals surface area contributed by atoms with Crippen LogP contribution in [-0.2, 0) is 0 Å². The van der Waals surface area contributed by atoms with Crippen LogP contribution in [0.3, 0.4) is 0 Å². The van der Waals surface area contributed by atoms with Gasteiger partial charge in [0.1, 0.15) is 17.2 Å². The van der Waals surface area contributed by atoms with Crippen molar-refractivity contribution in [2.45, 2.75) is 38.0 Å². The topological polar surface area (TPSA) is 29.5 Å². The second-order valence-corrected chi connectivity index (χ2v) is 5.50. The Hall–Kier alpha value is -1.96. The van der Waals surface area contributed by atoms with Crippen molar-refractivity contribution in [1.82, 2.24) is 0 Å². The van der Waals surface area contributed by atoms with E-state index < -0.39 is 0 Å². The summed E-state index contributed by atoms with van der Waals surface area (Å²) in [7, 11) is 0. The minimum Gasteiger partial charge on any atom is -0.508 e. The molecule has 104 valence electrons. The number of phenols is 1. The molecular formula is C18H20O2. The van der Waals surface area contributed by atoms with Crippen molar-refractivity contribution in [3.05, 3.63) is 54.1 Å². The summed E-state index contributed by atoms with van der Waals surface area (Å²) in [4.78, 5) is 0.